The van der Waals surface area contributed by atoms with Gasteiger partial charge in [0.05, 0.1) is 12.2 Å². The normalized spacial score (nSPS) is 13.6. The van der Waals surface area contributed by atoms with Gasteiger partial charge in [-0.1, -0.05) is 0 Å². The number of nitrogens with two attached hydrogens (primary N) is 1. The fourth-order valence-corrected chi connectivity index (χ4v) is 0.564. The van der Waals surface area contributed by atoms with E-state index in [0.717, 1.165) is 0 Å². The Kier molecular flexibility index (Phi) is 3.48. The van der Waals surface area contributed by atoms with Crippen molar-refractivity contribution in [3.63, 3.8) is 0 Å². The van der Waals surface area contributed by atoms with Gasteiger partial charge in [0.15, 0.2) is 0 Å². The minimum Gasteiger partial charge on any atom is -0.390 e. The highest BCUT2D eigenvalue weighted by Crippen LogP contribution is 2.09. The molecule has 0 aromatic rings. The molecule has 0 aromatic heterocycles. The Hall–Kier alpha value is -0.120. The van der Waals surface area contributed by atoms with E-state index >= 15 is 0 Å². The summed E-state index contributed by atoms with van der Waals surface area (Å²) in [5.41, 5.74) is 4.31. The van der Waals surface area contributed by atoms with Crippen LogP contribution in [0.1, 0.15) is 34.1 Å². The van der Waals surface area contributed by atoms with E-state index in [-0.39, 0.29) is 0 Å². The van der Waals surface area contributed by atoms with E-state index < -0.39 is 11.3 Å². The third-order valence-corrected chi connectivity index (χ3v) is 1.19. The first-order valence-corrected chi connectivity index (χ1v) is 3.86. The maximum atomic E-state index is 9.29. The van der Waals surface area contributed by atoms with Crippen LogP contribution >= 0.6 is 0 Å². The fourth-order valence-electron chi connectivity index (χ4n) is 0.564. The van der Waals surface area contributed by atoms with Crippen molar-refractivity contribution in [1.29, 1.82) is 0 Å². The molecular formula is C8H19NO2. The topological polar surface area (TPSA) is 55.5 Å². The maximum Gasteiger partial charge on any atom is 0.111 e. The molecule has 0 aromatic carbocycles. The molecular weight excluding hydrogens is 142 g/mol. The van der Waals surface area contributed by atoms with E-state index in [1.54, 1.807) is 27.7 Å². The third-order valence-electron chi connectivity index (χ3n) is 1.19. The van der Waals surface area contributed by atoms with Crippen molar-refractivity contribution in [3.05, 3.63) is 0 Å². The number of aliphatic hydroxyl groups is 1. The smallest absolute Gasteiger partial charge is 0.111 e. The van der Waals surface area contributed by atoms with Crippen LogP contribution in [-0.4, -0.2) is 23.0 Å². The highest BCUT2D eigenvalue weighted by atomic mass is 16.5. The first-order valence-electron chi connectivity index (χ1n) is 3.86. The van der Waals surface area contributed by atoms with Gasteiger partial charge < -0.3 is 15.6 Å². The van der Waals surface area contributed by atoms with Crippen LogP contribution < -0.4 is 5.73 Å². The summed E-state index contributed by atoms with van der Waals surface area (Å²) in [5.74, 6) is 0. The Bertz CT molecular complexity index is 96.2. The summed E-state index contributed by atoms with van der Waals surface area (Å²) in [4.78, 5) is 0. The van der Waals surface area contributed by atoms with Crippen LogP contribution in [0.2, 0.25) is 0 Å². The summed E-state index contributed by atoms with van der Waals surface area (Å²) >= 11 is 0. The van der Waals surface area contributed by atoms with Crippen molar-refractivity contribution < 1.29 is 9.84 Å². The Morgan fingerprint density at radius 2 is 1.73 bits per heavy atom. The van der Waals surface area contributed by atoms with Crippen LogP contribution in [0.25, 0.3) is 0 Å². The molecule has 0 aliphatic heterocycles. The lowest BCUT2D eigenvalue weighted by Crippen LogP contribution is -2.37. The molecule has 0 bridgehead atoms. The molecule has 0 rings (SSSR count). The SMILES string of the molecule is CC(C)(O)CCOC(C)(C)N. The Balaban J connectivity index is 3.44. The van der Waals surface area contributed by atoms with Crippen LogP contribution in [0, 0.1) is 0 Å². The fraction of sp³-hybridized carbons (Fsp3) is 1.00. The zero-order valence-electron chi connectivity index (χ0n) is 7.85. The van der Waals surface area contributed by atoms with Gasteiger partial charge in [-0.2, -0.15) is 0 Å². The lowest BCUT2D eigenvalue weighted by Gasteiger charge is -2.23. The molecule has 0 saturated heterocycles. The maximum absolute atomic E-state index is 9.29. The molecule has 3 nitrogen and oxygen atoms in total. The van der Waals surface area contributed by atoms with E-state index in [1.165, 1.54) is 0 Å². The third kappa shape index (κ3) is 9.88. The molecule has 0 aliphatic rings. The van der Waals surface area contributed by atoms with Crippen LogP contribution in [0.4, 0.5) is 0 Å². The lowest BCUT2D eigenvalue weighted by molar-refractivity contribution is -0.0421. The standard InChI is InChI=1S/C8H19NO2/c1-7(2,10)5-6-11-8(3,4)9/h10H,5-6,9H2,1-4H3. The van der Waals surface area contributed by atoms with Gasteiger partial charge in [-0.15, -0.1) is 0 Å². The van der Waals surface area contributed by atoms with Gasteiger partial charge in [0, 0.05) is 0 Å². The second-order valence-corrected chi connectivity index (χ2v) is 4.01. The number of rotatable bonds is 4. The van der Waals surface area contributed by atoms with Crippen molar-refractivity contribution in [3.8, 4) is 0 Å². The van der Waals surface area contributed by atoms with Crippen LogP contribution in [0.3, 0.4) is 0 Å². The minimum absolute atomic E-state index is 0.493. The van der Waals surface area contributed by atoms with E-state index in [2.05, 4.69) is 0 Å². The number of hydrogen-bond donors (Lipinski definition) is 2. The van der Waals surface area contributed by atoms with Gasteiger partial charge in [0.1, 0.15) is 5.72 Å². The first-order chi connectivity index (χ1) is 4.71. The zero-order valence-corrected chi connectivity index (χ0v) is 7.85. The molecule has 0 spiro atoms. The Morgan fingerprint density at radius 1 is 1.27 bits per heavy atom. The summed E-state index contributed by atoms with van der Waals surface area (Å²) < 4.78 is 5.22. The highest BCUT2D eigenvalue weighted by Gasteiger charge is 2.15. The zero-order chi connectivity index (χ0) is 9.12. The molecule has 0 atom stereocenters. The van der Waals surface area contributed by atoms with Gasteiger partial charge in [-0.05, 0) is 34.1 Å². The highest BCUT2D eigenvalue weighted by molar-refractivity contribution is 4.65. The minimum atomic E-state index is -0.661. The molecule has 3 heteroatoms. The van der Waals surface area contributed by atoms with E-state index in [4.69, 9.17) is 10.5 Å². The van der Waals surface area contributed by atoms with Gasteiger partial charge in [0.25, 0.3) is 0 Å². The summed E-state index contributed by atoms with van der Waals surface area (Å²) in [7, 11) is 0. The number of ether oxygens (including phenoxy) is 1. The Morgan fingerprint density at radius 3 is 2.00 bits per heavy atom. The predicted octanol–water partition coefficient (Wildman–Crippen LogP) is 0.859. The molecule has 0 saturated carbocycles. The molecule has 0 unspecified atom stereocenters. The molecule has 11 heavy (non-hydrogen) atoms. The van der Waals surface area contributed by atoms with Gasteiger partial charge in [-0.3, -0.25) is 0 Å². The summed E-state index contributed by atoms with van der Waals surface area (Å²) in [6, 6.07) is 0. The molecule has 68 valence electrons. The predicted molar refractivity (Wildman–Crippen MR) is 45.1 cm³/mol. The van der Waals surface area contributed by atoms with Gasteiger partial charge in [0.2, 0.25) is 0 Å². The Labute approximate surface area is 68.5 Å². The van der Waals surface area contributed by atoms with Crippen molar-refractivity contribution in [2.75, 3.05) is 6.61 Å². The second kappa shape index (κ2) is 3.52. The molecule has 0 fully saturated rings. The summed E-state index contributed by atoms with van der Waals surface area (Å²) in [6.45, 7) is 7.57. The first kappa shape index (κ1) is 10.9. The molecule has 0 aliphatic carbocycles. The van der Waals surface area contributed by atoms with Crippen molar-refractivity contribution >= 4 is 0 Å². The van der Waals surface area contributed by atoms with Crippen LogP contribution in [0.5, 0.6) is 0 Å². The summed E-state index contributed by atoms with van der Waals surface area (Å²) in [6.07, 6.45) is 0.605. The van der Waals surface area contributed by atoms with E-state index in [9.17, 15) is 5.11 Å². The van der Waals surface area contributed by atoms with Crippen molar-refractivity contribution in [1.82, 2.24) is 0 Å². The van der Waals surface area contributed by atoms with Gasteiger partial charge in [-0.25, -0.2) is 0 Å². The molecule has 0 amide bonds. The average Bonchev–Trinajstić information content (AvgIpc) is 1.55. The average molecular weight is 161 g/mol. The number of hydrogen-bond acceptors (Lipinski definition) is 3. The second-order valence-electron chi connectivity index (χ2n) is 4.01. The van der Waals surface area contributed by atoms with Crippen LogP contribution in [-0.2, 0) is 4.74 Å². The van der Waals surface area contributed by atoms with Gasteiger partial charge >= 0.3 is 0 Å². The largest absolute Gasteiger partial charge is 0.390 e. The molecule has 0 radical (unpaired) electrons. The van der Waals surface area contributed by atoms with E-state index in [0.29, 0.717) is 13.0 Å². The van der Waals surface area contributed by atoms with Crippen molar-refractivity contribution in [2.45, 2.75) is 45.4 Å². The summed E-state index contributed by atoms with van der Waals surface area (Å²) in [5, 5.41) is 9.29. The monoisotopic (exact) mass is 161 g/mol. The molecule has 0 heterocycles. The van der Waals surface area contributed by atoms with Crippen molar-refractivity contribution in [2.24, 2.45) is 5.73 Å². The van der Waals surface area contributed by atoms with Crippen LogP contribution in [0.15, 0.2) is 0 Å². The molecule has 3 N–H and O–H groups in total. The lowest BCUT2D eigenvalue weighted by atomic mass is 10.1. The van der Waals surface area contributed by atoms with E-state index in [1.807, 2.05) is 0 Å². The quantitative estimate of drug-likeness (QED) is 0.601.